The third kappa shape index (κ3) is 4.75. The number of nitrogens with zero attached hydrogens (tertiary/aromatic N) is 3. The Kier molecular flexibility index (Phi) is 6.95. The van der Waals surface area contributed by atoms with Crippen molar-refractivity contribution in [2.24, 2.45) is 5.92 Å². The van der Waals surface area contributed by atoms with Gasteiger partial charge in [0, 0.05) is 51.8 Å². The first kappa shape index (κ1) is 23.8. The molecule has 1 aliphatic carbocycles. The molecule has 1 aromatic carbocycles. The van der Waals surface area contributed by atoms with E-state index in [2.05, 4.69) is 0 Å². The second-order valence-corrected chi connectivity index (χ2v) is 11.9. The molecule has 1 unspecified atom stereocenters. The summed E-state index contributed by atoms with van der Waals surface area (Å²) >= 11 is 0. The van der Waals surface area contributed by atoms with Gasteiger partial charge in [-0.1, -0.05) is 6.07 Å². The lowest BCUT2D eigenvalue weighted by Crippen LogP contribution is -2.54. The lowest BCUT2D eigenvalue weighted by Gasteiger charge is -2.38. The van der Waals surface area contributed by atoms with Gasteiger partial charge in [-0.25, -0.2) is 8.42 Å². The predicted molar refractivity (Wildman–Crippen MR) is 127 cm³/mol. The molecule has 3 fully saturated rings. The molecule has 0 N–H and O–H groups in total. The van der Waals surface area contributed by atoms with E-state index in [1.54, 1.807) is 10.4 Å². The normalized spacial score (nSPS) is 24.8. The number of piperidine rings is 1. The zero-order chi connectivity index (χ0) is 23.7. The maximum Gasteiger partial charge on any atom is 0.251 e. The van der Waals surface area contributed by atoms with Crippen LogP contribution in [0.4, 0.5) is 0 Å². The smallest absolute Gasteiger partial charge is 0.251 e. The monoisotopic (exact) mass is 489 g/mol. The number of sulfonamides is 1. The molecule has 34 heavy (non-hydrogen) atoms. The van der Waals surface area contributed by atoms with Gasteiger partial charge in [0.2, 0.25) is 15.9 Å². The minimum absolute atomic E-state index is 0.0466. The van der Waals surface area contributed by atoms with E-state index in [0.717, 1.165) is 37.7 Å². The molecule has 2 amide bonds. The highest BCUT2D eigenvalue weighted by atomic mass is 32.2. The van der Waals surface area contributed by atoms with Gasteiger partial charge in [0.05, 0.1) is 4.90 Å². The van der Waals surface area contributed by atoms with Gasteiger partial charge < -0.3 is 14.5 Å². The number of amides is 2. The van der Waals surface area contributed by atoms with Crippen LogP contribution in [0.25, 0.3) is 0 Å². The summed E-state index contributed by atoms with van der Waals surface area (Å²) < 4.78 is 33.5. The lowest BCUT2D eigenvalue weighted by atomic mass is 9.92. The van der Waals surface area contributed by atoms with Gasteiger partial charge in [0.25, 0.3) is 5.91 Å². The Labute approximate surface area is 202 Å². The molecule has 0 aromatic heterocycles. The second kappa shape index (κ2) is 9.95. The number of rotatable bonds is 4. The first-order chi connectivity index (χ1) is 16.4. The molecule has 1 aromatic rings. The van der Waals surface area contributed by atoms with Gasteiger partial charge in [-0.05, 0) is 74.6 Å². The van der Waals surface area contributed by atoms with Crippen LogP contribution in [0.1, 0.15) is 49.7 Å². The average Bonchev–Trinajstić information content (AvgIpc) is 3.43. The number of hydrogen-bond acceptors (Lipinski definition) is 5. The maximum absolute atomic E-state index is 13.2. The van der Waals surface area contributed by atoms with Gasteiger partial charge in [0.15, 0.2) is 0 Å². The highest BCUT2D eigenvalue weighted by molar-refractivity contribution is 7.89. The molecule has 0 radical (unpaired) electrons. The van der Waals surface area contributed by atoms with Crippen LogP contribution in [0.3, 0.4) is 0 Å². The van der Waals surface area contributed by atoms with Crippen molar-refractivity contribution in [3.05, 3.63) is 29.3 Å². The summed E-state index contributed by atoms with van der Waals surface area (Å²) in [6.45, 7) is 3.53. The number of carbonyl (C=O) groups is 2. The molecule has 0 saturated carbocycles. The lowest BCUT2D eigenvalue weighted by molar-refractivity contribution is -0.147. The van der Waals surface area contributed by atoms with Crippen LogP contribution < -0.4 is 0 Å². The van der Waals surface area contributed by atoms with Gasteiger partial charge in [-0.3, -0.25) is 9.59 Å². The Hall–Kier alpha value is -1.97. The van der Waals surface area contributed by atoms with Crippen LogP contribution in [0.15, 0.2) is 23.1 Å². The largest absolute Gasteiger partial charge is 0.368 e. The van der Waals surface area contributed by atoms with E-state index in [4.69, 9.17) is 4.74 Å². The fourth-order valence-corrected chi connectivity index (χ4v) is 7.26. The van der Waals surface area contributed by atoms with E-state index in [-0.39, 0.29) is 23.8 Å². The molecule has 8 nitrogen and oxygen atoms in total. The summed E-state index contributed by atoms with van der Waals surface area (Å²) in [6, 6.07) is 5.58. The van der Waals surface area contributed by atoms with Crippen molar-refractivity contribution in [3.8, 4) is 0 Å². The van der Waals surface area contributed by atoms with Crippen LogP contribution in [0, 0.1) is 5.92 Å². The van der Waals surface area contributed by atoms with Gasteiger partial charge in [-0.15, -0.1) is 0 Å². The molecule has 0 bridgehead atoms. The van der Waals surface area contributed by atoms with Crippen molar-refractivity contribution >= 4 is 21.8 Å². The van der Waals surface area contributed by atoms with E-state index < -0.39 is 10.0 Å². The van der Waals surface area contributed by atoms with Crippen molar-refractivity contribution in [2.45, 2.75) is 62.4 Å². The highest BCUT2D eigenvalue weighted by Crippen LogP contribution is 2.29. The minimum atomic E-state index is -3.54. The molecule has 5 rings (SSSR count). The number of carbonyl (C=O) groups excluding carboxylic acids is 2. The Morgan fingerprint density at radius 1 is 0.794 bits per heavy atom. The Bertz CT molecular complexity index is 1020. The van der Waals surface area contributed by atoms with Crippen molar-refractivity contribution < 1.29 is 22.7 Å². The first-order valence-electron chi connectivity index (χ1n) is 12.7. The fraction of sp³-hybridized carbons (Fsp3) is 0.680. The summed E-state index contributed by atoms with van der Waals surface area (Å²) in [5, 5.41) is 0. The van der Waals surface area contributed by atoms with Crippen LogP contribution in [-0.4, -0.2) is 86.3 Å². The second-order valence-electron chi connectivity index (χ2n) is 9.97. The van der Waals surface area contributed by atoms with E-state index in [1.165, 1.54) is 12.0 Å². The summed E-state index contributed by atoms with van der Waals surface area (Å²) in [6.07, 6.45) is 6.73. The number of ether oxygens (including phenoxy) is 1. The Balaban J connectivity index is 1.14. The SMILES string of the molecule is O=C(C1CCN(S(=O)(=O)c2ccc3c(c2)CCCC3)CC1)N1CCN(C(=O)C2CCCO2)CC1. The van der Waals surface area contributed by atoms with Crippen molar-refractivity contribution in [1.82, 2.24) is 14.1 Å². The maximum atomic E-state index is 13.2. The molecule has 4 aliphatic rings. The van der Waals surface area contributed by atoms with E-state index in [0.29, 0.717) is 63.6 Å². The average molecular weight is 490 g/mol. The summed E-state index contributed by atoms with van der Waals surface area (Å²) in [5.74, 6) is -0.0178. The molecule has 3 heterocycles. The van der Waals surface area contributed by atoms with Crippen molar-refractivity contribution in [3.63, 3.8) is 0 Å². The summed E-state index contributed by atoms with van der Waals surface area (Å²) in [7, 11) is -3.54. The molecular weight excluding hydrogens is 454 g/mol. The van der Waals surface area contributed by atoms with Gasteiger partial charge in [0.1, 0.15) is 6.10 Å². The van der Waals surface area contributed by atoms with E-state index in [9.17, 15) is 18.0 Å². The van der Waals surface area contributed by atoms with Gasteiger partial charge >= 0.3 is 0 Å². The van der Waals surface area contributed by atoms with E-state index in [1.807, 2.05) is 21.9 Å². The van der Waals surface area contributed by atoms with Crippen LogP contribution in [0.2, 0.25) is 0 Å². The Morgan fingerprint density at radius 2 is 1.44 bits per heavy atom. The van der Waals surface area contributed by atoms with Gasteiger partial charge in [-0.2, -0.15) is 4.31 Å². The number of aryl methyl sites for hydroxylation is 2. The molecule has 186 valence electrons. The van der Waals surface area contributed by atoms with Crippen LogP contribution in [-0.2, 0) is 37.2 Å². The van der Waals surface area contributed by atoms with E-state index >= 15 is 0 Å². The summed E-state index contributed by atoms with van der Waals surface area (Å²) in [5.41, 5.74) is 2.43. The standard InChI is InChI=1S/C25H35N3O5S/c29-24(26-13-15-27(16-14-26)25(30)23-6-3-17-33-23)20-9-11-28(12-10-20)34(31,32)22-8-7-19-4-1-2-5-21(19)18-22/h7-8,18,20,23H,1-6,9-17H2. The third-order valence-electron chi connectivity index (χ3n) is 7.87. The molecule has 1 atom stereocenters. The molecule has 9 heteroatoms. The fourth-order valence-electron chi connectivity index (χ4n) is 5.74. The number of piperazine rings is 1. The molecule has 0 spiro atoms. The zero-order valence-electron chi connectivity index (χ0n) is 19.8. The zero-order valence-corrected chi connectivity index (χ0v) is 20.6. The van der Waals surface area contributed by atoms with Crippen molar-refractivity contribution in [1.29, 1.82) is 0 Å². The number of fused-ring (bicyclic) bond motifs is 1. The topological polar surface area (TPSA) is 87.2 Å². The third-order valence-corrected chi connectivity index (χ3v) is 9.76. The molecule has 3 aliphatic heterocycles. The van der Waals surface area contributed by atoms with Crippen LogP contribution in [0.5, 0.6) is 0 Å². The van der Waals surface area contributed by atoms with Crippen LogP contribution >= 0.6 is 0 Å². The number of benzene rings is 1. The quantitative estimate of drug-likeness (QED) is 0.644. The highest BCUT2D eigenvalue weighted by Gasteiger charge is 2.36. The predicted octanol–water partition coefficient (Wildman–Crippen LogP) is 1.82. The number of hydrogen-bond donors (Lipinski definition) is 0. The van der Waals surface area contributed by atoms with Crippen molar-refractivity contribution in [2.75, 3.05) is 45.9 Å². The Morgan fingerprint density at radius 3 is 2.09 bits per heavy atom. The molecular formula is C25H35N3O5S. The minimum Gasteiger partial charge on any atom is -0.368 e. The first-order valence-corrected chi connectivity index (χ1v) is 14.2. The molecule has 3 saturated heterocycles. The summed E-state index contributed by atoms with van der Waals surface area (Å²) in [4.78, 5) is 29.7.